The van der Waals surface area contributed by atoms with Gasteiger partial charge in [-0.05, 0) is 35.6 Å². The van der Waals surface area contributed by atoms with Crippen LogP contribution in [0.3, 0.4) is 0 Å². The van der Waals surface area contributed by atoms with Gasteiger partial charge in [-0.3, -0.25) is 4.68 Å². The minimum atomic E-state index is 0.236. The Hall–Kier alpha value is -1.18. The van der Waals surface area contributed by atoms with Crippen molar-refractivity contribution < 1.29 is 0 Å². The first-order valence-corrected chi connectivity index (χ1v) is 6.03. The number of rotatable bonds is 4. The van der Waals surface area contributed by atoms with Gasteiger partial charge in [0.15, 0.2) is 0 Å². The fraction of sp³-hybridized carbons (Fsp3) is 0.300. The van der Waals surface area contributed by atoms with Crippen molar-refractivity contribution in [3.63, 3.8) is 0 Å². The van der Waals surface area contributed by atoms with E-state index in [2.05, 4.69) is 49.9 Å². The van der Waals surface area contributed by atoms with E-state index in [0.29, 0.717) is 5.95 Å². The Bertz CT molecular complexity index is 425. The van der Waals surface area contributed by atoms with E-state index in [-0.39, 0.29) is 6.04 Å². The highest BCUT2D eigenvalue weighted by Crippen LogP contribution is 2.04. The summed E-state index contributed by atoms with van der Waals surface area (Å²) in [5, 5.41) is 7.37. The average molecular weight is 329 g/mol. The SMILES string of the molecule is CC(Cn1cccn1)Nc1ncc(I)cn1. The van der Waals surface area contributed by atoms with Crippen LogP contribution in [-0.2, 0) is 6.54 Å². The summed E-state index contributed by atoms with van der Waals surface area (Å²) in [6, 6.07) is 2.15. The van der Waals surface area contributed by atoms with Crippen molar-refractivity contribution in [3.05, 3.63) is 34.4 Å². The van der Waals surface area contributed by atoms with Crippen molar-refractivity contribution >= 4 is 28.5 Å². The first-order valence-electron chi connectivity index (χ1n) is 4.95. The van der Waals surface area contributed by atoms with Crippen molar-refractivity contribution in [3.8, 4) is 0 Å². The van der Waals surface area contributed by atoms with Crippen molar-refractivity contribution in [2.45, 2.75) is 19.5 Å². The van der Waals surface area contributed by atoms with E-state index in [9.17, 15) is 0 Å². The third-order valence-corrected chi connectivity index (χ3v) is 2.57. The van der Waals surface area contributed by atoms with Gasteiger partial charge in [0, 0.05) is 34.4 Å². The van der Waals surface area contributed by atoms with Crippen molar-refractivity contribution in [2.24, 2.45) is 0 Å². The molecule has 0 aliphatic carbocycles. The monoisotopic (exact) mass is 329 g/mol. The summed E-state index contributed by atoms with van der Waals surface area (Å²) >= 11 is 2.18. The van der Waals surface area contributed by atoms with Crippen LogP contribution in [0.2, 0.25) is 0 Å². The normalized spacial score (nSPS) is 12.4. The molecule has 0 aliphatic heterocycles. The number of aromatic nitrogens is 4. The molecule has 0 fully saturated rings. The average Bonchev–Trinajstić information content (AvgIpc) is 2.74. The highest BCUT2D eigenvalue weighted by atomic mass is 127. The Balaban J connectivity index is 1.92. The molecule has 0 saturated carbocycles. The predicted molar refractivity (Wildman–Crippen MR) is 70.1 cm³/mol. The molecule has 16 heavy (non-hydrogen) atoms. The van der Waals surface area contributed by atoms with Crippen LogP contribution in [0, 0.1) is 3.57 Å². The third-order valence-electron chi connectivity index (χ3n) is 2.02. The molecule has 6 heteroatoms. The first kappa shape index (κ1) is 11.3. The molecule has 0 radical (unpaired) electrons. The quantitative estimate of drug-likeness (QED) is 0.869. The van der Waals surface area contributed by atoms with E-state index in [1.807, 2.05) is 16.9 Å². The molecule has 5 nitrogen and oxygen atoms in total. The molecule has 2 rings (SSSR count). The molecule has 1 atom stereocenters. The van der Waals surface area contributed by atoms with Crippen LogP contribution >= 0.6 is 22.6 Å². The van der Waals surface area contributed by atoms with Gasteiger partial charge in [-0.1, -0.05) is 0 Å². The number of halogens is 1. The minimum absolute atomic E-state index is 0.236. The number of anilines is 1. The Labute approximate surface area is 107 Å². The number of hydrogen-bond donors (Lipinski definition) is 1. The highest BCUT2D eigenvalue weighted by molar-refractivity contribution is 14.1. The van der Waals surface area contributed by atoms with E-state index in [1.54, 1.807) is 18.6 Å². The second kappa shape index (κ2) is 5.24. The second-order valence-electron chi connectivity index (χ2n) is 3.50. The van der Waals surface area contributed by atoms with Crippen LogP contribution in [0.25, 0.3) is 0 Å². The maximum absolute atomic E-state index is 4.19. The second-order valence-corrected chi connectivity index (χ2v) is 4.74. The first-order chi connectivity index (χ1) is 7.74. The zero-order chi connectivity index (χ0) is 11.4. The number of nitrogens with zero attached hydrogens (tertiary/aromatic N) is 4. The van der Waals surface area contributed by atoms with Gasteiger partial charge in [-0.15, -0.1) is 0 Å². The summed E-state index contributed by atoms with van der Waals surface area (Å²) in [7, 11) is 0. The van der Waals surface area contributed by atoms with Crippen molar-refractivity contribution in [1.29, 1.82) is 0 Å². The Morgan fingerprint density at radius 2 is 2.19 bits per heavy atom. The fourth-order valence-corrected chi connectivity index (χ4v) is 1.62. The molecule has 0 saturated heterocycles. The van der Waals surface area contributed by atoms with Crippen LogP contribution in [0.4, 0.5) is 5.95 Å². The molecule has 2 aromatic rings. The standard InChI is InChI=1S/C10H12IN5/c1-8(7-16-4-2-3-14-16)15-10-12-5-9(11)6-13-10/h2-6,8H,7H2,1H3,(H,12,13,15). The van der Waals surface area contributed by atoms with Gasteiger partial charge < -0.3 is 5.32 Å². The van der Waals surface area contributed by atoms with Crippen LogP contribution < -0.4 is 5.32 Å². The van der Waals surface area contributed by atoms with E-state index in [0.717, 1.165) is 10.1 Å². The molecule has 0 aliphatic rings. The highest BCUT2D eigenvalue weighted by Gasteiger charge is 2.04. The van der Waals surface area contributed by atoms with Crippen LogP contribution in [-0.4, -0.2) is 25.8 Å². The van der Waals surface area contributed by atoms with E-state index >= 15 is 0 Å². The zero-order valence-electron chi connectivity index (χ0n) is 8.84. The molecule has 1 unspecified atom stereocenters. The van der Waals surface area contributed by atoms with E-state index in [1.165, 1.54) is 0 Å². The summed E-state index contributed by atoms with van der Waals surface area (Å²) in [4.78, 5) is 8.38. The molecule has 2 aromatic heterocycles. The van der Waals surface area contributed by atoms with Gasteiger partial charge in [-0.25, -0.2) is 9.97 Å². The predicted octanol–water partition coefficient (Wildman–Crippen LogP) is 1.78. The van der Waals surface area contributed by atoms with Gasteiger partial charge in [0.2, 0.25) is 5.95 Å². The summed E-state index contributed by atoms with van der Waals surface area (Å²) in [5.74, 6) is 0.653. The molecule has 0 bridgehead atoms. The lowest BCUT2D eigenvalue weighted by atomic mass is 10.3. The lowest BCUT2D eigenvalue weighted by Crippen LogP contribution is -2.23. The molecular formula is C10H12IN5. The summed E-state index contributed by atoms with van der Waals surface area (Å²) in [6.07, 6.45) is 7.29. The lowest BCUT2D eigenvalue weighted by Gasteiger charge is -2.13. The largest absolute Gasteiger partial charge is 0.350 e. The molecule has 2 heterocycles. The van der Waals surface area contributed by atoms with E-state index in [4.69, 9.17) is 0 Å². The van der Waals surface area contributed by atoms with Gasteiger partial charge in [-0.2, -0.15) is 5.10 Å². The number of hydrogen-bond acceptors (Lipinski definition) is 4. The van der Waals surface area contributed by atoms with Gasteiger partial charge in [0.25, 0.3) is 0 Å². The van der Waals surface area contributed by atoms with Crippen molar-refractivity contribution in [1.82, 2.24) is 19.7 Å². The molecule has 0 aromatic carbocycles. The van der Waals surface area contributed by atoms with Gasteiger partial charge >= 0.3 is 0 Å². The Morgan fingerprint density at radius 3 is 2.81 bits per heavy atom. The zero-order valence-corrected chi connectivity index (χ0v) is 11.0. The van der Waals surface area contributed by atoms with Gasteiger partial charge in [0.05, 0.1) is 6.54 Å². The fourth-order valence-electron chi connectivity index (χ4n) is 1.34. The maximum Gasteiger partial charge on any atom is 0.222 e. The number of nitrogens with one attached hydrogen (secondary N) is 1. The molecule has 0 amide bonds. The van der Waals surface area contributed by atoms with Crippen LogP contribution in [0.1, 0.15) is 6.92 Å². The van der Waals surface area contributed by atoms with Crippen LogP contribution in [0.15, 0.2) is 30.9 Å². The Morgan fingerprint density at radius 1 is 1.44 bits per heavy atom. The van der Waals surface area contributed by atoms with Gasteiger partial charge in [0.1, 0.15) is 0 Å². The van der Waals surface area contributed by atoms with E-state index < -0.39 is 0 Å². The Kier molecular flexibility index (Phi) is 3.70. The summed E-state index contributed by atoms with van der Waals surface area (Å²) in [6.45, 7) is 2.87. The summed E-state index contributed by atoms with van der Waals surface area (Å²) < 4.78 is 2.91. The molecule has 1 N–H and O–H groups in total. The maximum atomic E-state index is 4.19. The lowest BCUT2D eigenvalue weighted by molar-refractivity contribution is 0.558. The topological polar surface area (TPSA) is 55.6 Å². The third kappa shape index (κ3) is 3.16. The van der Waals surface area contributed by atoms with Crippen LogP contribution in [0.5, 0.6) is 0 Å². The minimum Gasteiger partial charge on any atom is -0.350 e. The summed E-state index contributed by atoms with van der Waals surface area (Å²) in [5.41, 5.74) is 0. The smallest absolute Gasteiger partial charge is 0.222 e. The molecule has 0 spiro atoms. The molecule has 84 valence electrons. The van der Waals surface area contributed by atoms with Crippen molar-refractivity contribution in [2.75, 3.05) is 5.32 Å². The molecular weight excluding hydrogens is 317 g/mol.